The van der Waals surface area contributed by atoms with Crippen molar-refractivity contribution in [2.45, 2.75) is 84.5 Å². The minimum absolute atomic E-state index is 0.863. The third-order valence-electron chi connectivity index (χ3n) is 3.90. The quantitative estimate of drug-likeness (QED) is 0.299. The van der Waals surface area contributed by atoms with Gasteiger partial charge in [-0.2, -0.15) is 0 Å². The van der Waals surface area contributed by atoms with E-state index in [1.54, 1.807) is 5.57 Å². The molecule has 0 saturated heterocycles. The van der Waals surface area contributed by atoms with E-state index in [9.17, 15) is 0 Å². The van der Waals surface area contributed by atoms with E-state index in [1.807, 2.05) is 0 Å². The molecule has 0 amide bonds. The maximum atomic E-state index is 3.36. The van der Waals surface area contributed by atoms with Gasteiger partial charge in [0, 0.05) is 12.8 Å². The van der Waals surface area contributed by atoms with Gasteiger partial charge in [-0.05, 0) is 44.4 Å². The lowest BCUT2D eigenvalue weighted by molar-refractivity contribution is 0.581. The van der Waals surface area contributed by atoms with Crippen molar-refractivity contribution in [3.8, 4) is 11.8 Å². The smallest absolute Gasteiger partial charge is 0.00943 e. The van der Waals surface area contributed by atoms with Crippen molar-refractivity contribution in [1.29, 1.82) is 0 Å². The van der Waals surface area contributed by atoms with Crippen LogP contribution in [0.25, 0.3) is 0 Å². The number of hydrogen-bond donors (Lipinski definition) is 0. The van der Waals surface area contributed by atoms with Crippen LogP contribution in [0, 0.1) is 17.8 Å². The second kappa shape index (κ2) is 10.2. The molecule has 1 fully saturated rings. The van der Waals surface area contributed by atoms with Gasteiger partial charge in [0.05, 0.1) is 0 Å². The highest BCUT2D eigenvalue weighted by atomic mass is 14.2. The van der Waals surface area contributed by atoms with Gasteiger partial charge >= 0.3 is 0 Å². The fraction of sp³-hybridized carbons (Fsp3) is 0.778. The molecular weight excluding hydrogens is 216 g/mol. The summed E-state index contributed by atoms with van der Waals surface area (Å²) in [6.45, 7) is 4.50. The summed E-state index contributed by atoms with van der Waals surface area (Å²) in [6.07, 6.45) is 16.7. The first kappa shape index (κ1) is 15.4. The highest BCUT2D eigenvalue weighted by molar-refractivity contribution is 5.12. The Labute approximate surface area is 114 Å². The highest BCUT2D eigenvalue weighted by Crippen LogP contribution is 2.34. The molecule has 1 rings (SSSR count). The summed E-state index contributed by atoms with van der Waals surface area (Å²) in [5.74, 6) is 7.53. The van der Waals surface area contributed by atoms with E-state index in [4.69, 9.17) is 0 Å². The van der Waals surface area contributed by atoms with Gasteiger partial charge in [0.25, 0.3) is 0 Å². The van der Waals surface area contributed by atoms with Crippen LogP contribution < -0.4 is 0 Å². The molecule has 0 bridgehead atoms. The number of unbranched alkanes of at least 4 members (excludes halogenated alkanes) is 4. The molecule has 1 saturated carbocycles. The van der Waals surface area contributed by atoms with Gasteiger partial charge in [-0.15, -0.1) is 11.8 Å². The third-order valence-corrected chi connectivity index (χ3v) is 3.90. The zero-order valence-corrected chi connectivity index (χ0v) is 12.4. The van der Waals surface area contributed by atoms with Crippen LogP contribution in [0.4, 0.5) is 0 Å². The molecule has 0 aliphatic heterocycles. The van der Waals surface area contributed by atoms with E-state index in [1.165, 1.54) is 57.8 Å². The first-order valence-corrected chi connectivity index (χ1v) is 8.03. The molecule has 1 aliphatic carbocycles. The Bertz CT molecular complexity index is 287. The Morgan fingerprint density at radius 2 is 1.89 bits per heavy atom. The lowest BCUT2D eigenvalue weighted by Crippen LogP contribution is -1.96. The number of hydrogen-bond acceptors (Lipinski definition) is 0. The standard InChI is InChI=1S/C18H30/c1-3-5-7-8-9-11-14-18-16-12-15-17(18)13-10-6-4-2/h13,18H,3-7,10-12,14-16H2,1-2H3/b17-13+. The monoisotopic (exact) mass is 246 g/mol. The molecule has 0 heteroatoms. The van der Waals surface area contributed by atoms with Crippen molar-refractivity contribution in [2.75, 3.05) is 0 Å². The molecule has 0 heterocycles. The summed E-state index contributed by atoms with van der Waals surface area (Å²) in [4.78, 5) is 0. The molecule has 102 valence electrons. The van der Waals surface area contributed by atoms with Crippen LogP contribution >= 0.6 is 0 Å². The first-order valence-electron chi connectivity index (χ1n) is 8.03. The van der Waals surface area contributed by atoms with Crippen molar-refractivity contribution in [1.82, 2.24) is 0 Å². The third kappa shape index (κ3) is 6.29. The summed E-state index contributed by atoms with van der Waals surface area (Å²) in [5.41, 5.74) is 1.75. The highest BCUT2D eigenvalue weighted by Gasteiger charge is 2.19. The Kier molecular flexibility index (Phi) is 8.74. The molecule has 0 nitrogen and oxygen atoms in total. The van der Waals surface area contributed by atoms with Gasteiger partial charge in [0.2, 0.25) is 0 Å². The van der Waals surface area contributed by atoms with E-state index < -0.39 is 0 Å². The number of rotatable bonds is 7. The molecule has 0 radical (unpaired) electrons. The van der Waals surface area contributed by atoms with E-state index >= 15 is 0 Å². The van der Waals surface area contributed by atoms with E-state index in [0.717, 1.165) is 18.8 Å². The molecule has 1 unspecified atom stereocenters. The lowest BCUT2D eigenvalue weighted by atomic mass is 9.96. The average molecular weight is 246 g/mol. The van der Waals surface area contributed by atoms with Crippen molar-refractivity contribution in [3.63, 3.8) is 0 Å². The summed E-state index contributed by atoms with van der Waals surface area (Å²) >= 11 is 0. The first-order chi connectivity index (χ1) is 8.88. The normalized spacial score (nSPS) is 21.0. The predicted molar refractivity (Wildman–Crippen MR) is 81.5 cm³/mol. The Morgan fingerprint density at radius 1 is 1.11 bits per heavy atom. The zero-order chi connectivity index (χ0) is 13.1. The lowest BCUT2D eigenvalue weighted by Gasteiger charge is -2.09. The van der Waals surface area contributed by atoms with Crippen LogP contribution in [0.2, 0.25) is 0 Å². The SMILES string of the molecule is CCCCC#CCCC1CCC/C1=C\CCCC. The largest absolute Gasteiger partial charge is 0.103 e. The van der Waals surface area contributed by atoms with Gasteiger partial charge in [-0.3, -0.25) is 0 Å². The molecule has 1 aliphatic rings. The van der Waals surface area contributed by atoms with E-state index in [-0.39, 0.29) is 0 Å². The fourth-order valence-corrected chi connectivity index (χ4v) is 2.72. The Hall–Kier alpha value is -0.700. The Balaban J connectivity index is 2.22. The van der Waals surface area contributed by atoms with Crippen molar-refractivity contribution in [2.24, 2.45) is 5.92 Å². The molecule has 1 atom stereocenters. The fourth-order valence-electron chi connectivity index (χ4n) is 2.72. The molecule has 0 aromatic carbocycles. The zero-order valence-electron chi connectivity index (χ0n) is 12.4. The van der Waals surface area contributed by atoms with Gasteiger partial charge in [0.15, 0.2) is 0 Å². The van der Waals surface area contributed by atoms with Crippen LogP contribution in [0.15, 0.2) is 11.6 Å². The molecule has 0 aromatic rings. The Morgan fingerprint density at radius 3 is 2.67 bits per heavy atom. The minimum atomic E-state index is 0.863. The predicted octanol–water partition coefficient (Wildman–Crippen LogP) is 5.88. The summed E-state index contributed by atoms with van der Waals surface area (Å²) in [5, 5.41) is 0. The van der Waals surface area contributed by atoms with Crippen LogP contribution in [0.1, 0.15) is 84.5 Å². The average Bonchev–Trinajstić information content (AvgIpc) is 2.82. The second-order valence-electron chi connectivity index (χ2n) is 5.51. The van der Waals surface area contributed by atoms with Crippen molar-refractivity contribution < 1.29 is 0 Å². The molecular formula is C18H30. The summed E-state index contributed by atoms with van der Waals surface area (Å²) in [6, 6.07) is 0. The van der Waals surface area contributed by atoms with Crippen molar-refractivity contribution >= 4 is 0 Å². The van der Waals surface area contributed by atoms with Gasteiger partial charge in [0.1, 0.15) is 0 Å². The maximum absolute atomic E-state index is 3.36. The van der Waals surface area contributed by atoms with Gasteiger partial charge in [-0.25, -0.2) is 0 Å². The van der Waals surface area contributed by atoms with E-state index in [0.29, 0.717) is 0 Å². The van der Waals surface area contributed by atoms with Crippen LogP contribution in [-0.4, -0.2) is 0 Å². The summed E-state index contributed by atoms with van der Waals surface area (Å²) < 4.78 is 0. The maximum Gasteiger partial charge on any atom is 0.00943 e. The number of allylic oxidation sites excluding steroid dienone is 2. The van der Waals surface area contributed by atoms with Gasteiger partial charge in [-0.1, -0.05) is 44.8 Å². The summed E-state index contributed by atoms with van der Waals surface area (Å²) in [7, 11) is 0. The molecule has 0 N–H and O–H groups in total. The van der Waals surface area contributed by atoms with Crippen LogP contribution in [0.5, 0.6) is 0 Å². The van der Waals surface area contributed by atoms with Crippen LogP contribution in [0.3, 0.4) is 0 Å². The van der Waals surface area contributed by atoms with Crippen molar-refractivity contribution in [3.05, 3.63) is 11.6 Å². The van der Waals surface area contributed by atoms with Crippen LogP contribution in [-0.2, 0) is 0 Å². The topological polar surface area (TPSA) is 0 Å². The minimum Gasteiger partial charge on any atom is -0.103 e. The van der Waals surface area contributed by atoms with Gasteiger partial charge < -0.3 is 0 Å². The molecule has 18 heavy (non-hydrogen) atoms. The molecule has 0 spiro atoms. The van der Waals surface area contributed by atoms with E-state index in [2.05, 4.69) is 31.8 Å². The molecule has 0 aromatic heterocycles. The second-order valence-corrected chi connectivity index (χ2v) is 5.51.